The third-order valence-corrected chi connectivity index (χ3v) is 7.02. The van der Waals surface area contributed by atoms with Gasteiger partial charge in [0.1, 0.15) is 11.4 Å². The molecule has 0 amide bonds. The van der Waals surface area contributed by atoms with Gasteiger partial charge in [-0.1, -0.05) is 30.3 Å². The number of nitrogens with zero attached hydrogens (tertiary/aromatic N) is 4. The average Bonchev–Trinajstić information content (AvgIpc) is 3.37. The summed E-state index contributed by atoms with van der Waals surface area (Å²) >= 11 is 0. The lowest BCUT2D eigenvalue weighted by atomic mass is 10.0. The Labute approximate surface area is 239 Å². The van der Waals surface area contributed by atoms with E-state index in [4.69, 9.17) is 14.2 Å². The van der Waals surface area contributed by atoms with Crippen LogP contribution < -0.4 is 0 Å². The second kappa shape index (κ2) is 13.5. The Morgan fingerprint density at radius 3 is 2.29 bits per heavy atom. The number of ether oxygens (including phenoxy) is 3. The van der Waals surface area contributed by atoms with E-state index in [0.717, 1.165) is 11.3 Å². The van der Waals surface area contributed by atoms with Gasteiger partial charge in [-0.2, -0.15) is 41.8 Å². The predicted octanol–water partition coefficient (Wildman–Crippen LogP) is 5.60. The minimum Gasteiger partial charge on any atom is -0.383 e. The number of aromatic nitrogens is 3. The van der Waals surface area contributed by atoms with E-state index >= 15 is 0 Å². The van der Waals surface area contributed by atoms with Gasteiger partial charge in [0, 0.05) is 33.3 Å². The summed E-state index contributed by atoms with van der Waals surface area (Å²) in [5.74, 6) is 0. The highest BCUT2D eigenvalue weighted by Gasteiger charge is 2.39. The highest BCUT2D eigenvalue weighted by atomic mass is 19.4. The first-order valence-corrected chi connectivity index (χ1v) is 13.3. The molecule has 14 heteroatoms. The summed E-state index contributed by atoms with van der Waals surface area (Å²) in [5.41, 5.74) is -0.826. The number of aromatic amines is 1. The summed E-state index contributed by atoms with van der Waals surface area (Å²) < 4.78 is 98.1. The maximum Gasteiger partial charge on any atom is 0.416 e. The van der Waals surface area contributed by atoms with Crippen LogP contribution in [-0.4, -0.2) is 72.0 Å². The molecule has 4 rings (SSSR count). The summed E-state index contributed by atoms with van der Waals surface area (Å²) in [7, 11) is 3.56. The molecule has 42 heavy (non-hydrogen) atoms. The quantitative estimate of drug-likeness (QED) is 0.287. The Morgan fingerprint density at radius 1 is 1.02 bits per heavy atom. The standard InChI is InChI=1S/C28H33F6N5O3/c1-18(20-13-21(27(29,30)31)15-22(14-20)28(32,33)34)42-26-25(19-7-5-4-6-8-19)39(10-12-41-26)17-24-23(35-37-36-24)16-38(2)9-11-40-3/h4-8,13-15,18,25-26H,9-12,16-17H2,1-3H3,(H,35,36,37)/t18?,25-,26+/m0/s1. The third-order valence-electron chi connectivity index (χ3n) is 7.02. The number of benzene rings is 2. The molecule has 1 aliphatic rings. The molecule has 1 saturated heterocycles. The molecule has 8 nitrogen and oxygen atoms in total. The van der Waals surface area contributed by atoms with E-state index in [1.54, 1.807) is 7.11 Å². The molecule has 230 valence electrons. The molecular formula is C28H33F6N5O3. The first-order chi connectivity index (χ1) is 19.9. The van der Waals surface area contributed by atoms with E-state index in [9.17, 15) is 26.3 Å². The number of H-pyrrole nitrogens is 1. The number of nitrogens with one attached hydrogen (secondary N) is 1. The largest absolute Gasteiger partial charge is 0.416 e. The summed E-state index contributed by atoms with van der Waals surface area (Å²) in [5, 5.41) is 11.3. The Hall–Kier alpha value is -3.04. The van der Waals surface area contributed by atoms with E-state index in [2.05, 4.69) is 20.3 Å². The Morgan fingerprint density at radius 2 is 1.67 bits per heavy atom. The molecule has 0 bridgehead atoms. The van der Waals surface area contributed by atoms with Crippen molar-refractivity contribution in [3.05, 3.63) is 82.2 Å². The van der Waals surface area contributed by atoms with Crippen LogP contribution in [-0.2, 0) is 39.7 Å². The van der Waals surface area contributed by atoms with Crippen molar-refractivity contribution >= 4 is 0 Å². The maximum atomic E-state index is 13.5. The number of alkyl halides is 6. The lowest BCUT2D eigenvalue weighted by molar-refractivity contribution is -0.231. The lowest BCUT2D eigenvalue weighted by Crippen LogP contribution is -2.46. The Kier molecular flexibility index (Phi) is 10.3. The second-order valence-electron chi connectivity index (χ2n) is 10.1. The van der Waals surface area contributed by atoms with Crippen LogP contribution in [0, 0.1) is 0 Å². The molecule has 0 radical (unpaired) electrons. The first kappa shape index (κ1) is 31.9. The molecular weight excluding hydrogens is 568 g/mol. The van der Waals surface area contributed by atoms with Gasteiger partial charge < -0.3 is 14.2 Å². The summed E-state index contributed by atoms with van der Waals surface area (Å²) in [6, 6.07) is 10.1. The molecule has 3 aromatic rings. The highest BCUT2D eigenvalue weighted by molar-refractivity contribution is 5.35. The molecule has 3 atom stereocenters. The van der Waals surface area contributed by atoms with Crippen molar-refractivity contribution < 1.29 is 40.6 Å². The predicted molar refractivity (Wildman–Crippen MR) is 140 cm³/mol. The molecule has 0 saturated carbocycles. The van der Waals surface area contributed by atoms with Crippen LogP contribution in [0.3, 0.4) is 0 Å². The van der Waals surface area contributed by atoms with Crippen LogP contribution in [0.2, 0.25) is 0 Å². The van der Waals surface area contributed by atoms with Crippen LogP contribution in [0.5, 0.6) is 0 Å². The van der Waals surface area contributed by atoms with Crippen molar-refractivity contribution in [1.29, 1.82) is 0 Å². The fraction of sp³-hybridized carbons (Fsp3) is 0.500. The van der Waals surface area contributed by atoms with E-state index in [1.807, 2.05) is 42.3 Å². The zero-order valence-electron chi connectivity index (χ0n) is 23.4. The third kappa shape index (κ3) is 8.07. The van der Waals surface area contributed by atoms with E-state index < -0.39 is 41.9 Å². The van der Waals surface area contributed by atoms with Gasteiger partial charge in [-0.05, 0) is 43.3 Å². The highest BCUT2D eigenvalue weighted by Crippen LogP contribution is 2.40. The van der Waals surface area contributed by atoms with E-state index in [0.29, 0.717) is 50.6 Å². The summed E-state index contributed by atoms with van der Waals surface area (Å²) in [4.78, 5) is 4.09. The van der Waals surface area contributed by atoms with Crippen LogP contribution >= 0.6 is 0 Å². The van der Waals surface area contributed by atoms with Crippen LogP contribution in [0.15, 0.2) is 48.5 Å². The molecule has 0 aliphatic carbocycles. The summed E-state index contributed by atoms with van der Waals surface area (Å²) in [6.45, 7) is 4.21. The zero-order valence-corrected chi connectivity index (χ0v) is 23.4. The molecule has 2 aromatic carbocycles. The van der Waals surface area contributed by atoms with Crippen molar-refractivity contribution in [2.75, 3.05) is 40.5 Å². The van der Waals surface area contributed by atoms with Crippen LogP contribution in [0.25, 0.3) is 0 Å². The maximum absolute atomic E-state index is 13.5. The van der Waals surface area contributed by atoms with Crippen LogP contribution in [0.1, 0.15) is 52.7 Å². The van der Waals surface area contributed by atoms with Gasteiger partial charge in [-0.15, -0.1) is 0 Å². The fourth-order valence-electron chi connectivity index (χ4n) is 4.79. The average molecular weight is 602 g/mol. The van der Waals surface area contributed by atoms with Crippen LogP contribution in [0.4, 0.5) is 26.3 Å². The van der Waals surface area contributed by atoms with Gasteiger partial charge in [0.2, 0.25) is 0 Å². The van der Waals surface area contributed by atoms with E-state index in [-0.39, 0.29) is 18.2 Å². The molecule has 1 aliphatic heterocycles. The monoisotopic (exact) mass is 601 g/mol. The van der Waals surface area contributed by atoms with Gasteiger partial charge in [-0.3, -0.25) is 9.80 Å². The second-order valence-corrected chi connectivity index (χ2v) is 10.1. The topological polar surface area (TPSA) is 75.7 Å². The van der Waals surface area contributed by atoms with Crippen molar-refractivity contribution in [3.63, 3.8) is 0 Å². The van der Waals surface area contributed by atoms with Crippen molar-refractivity contribution in [2.24, 2.45) is 0 Å². The van der Waals surface area contributed by atoms with Gasteiger partial charge in [0.15, 0.2) is 6.29 Å². The minimum atomic E-state index is -4.96. The molecule has 1 aromatic heterocycles. The molecule has 2 heterocycles. The van der Waals surface area contributed by atoms with Gasteiger partial charge >= 0.3 is 12.4 Å². The summed E-state index contributed by atoms with van der Waals surface area (Å²) in [6.07, 6.45) is -12.1. The number of halogens is 6. The van der Waals surface area contributed by atoms with Crippen molar-refractivity contribution in [2.45, 2.75) is 50.8 Å². The smallest absolute Gasteiger partial charge is 0.383 e. The minimum absolute atomic E-state index is 0.101. The number of rotatable bonds is 11. The number of hydrogen-bond acceptors (Lipinski definition) is 7. The Balaban J connectivity index is 1.60. The zero-order chi connectivity index (χ0) is 30.5. The SMILES string of the molecule is COCCN(C)Cc1n[nH]nc1CN1CCO[C@H](OC(C)c2cc(C(F)(F)F)cc(C(F)(F)F)c2)[C@@H]1c1ccccc1. The normalized spacial score (nSPS) is 19.4. The van der Waals surface area contributed by atoms with Crippen molar-refractivity contribution in [3.8, 4) is 0 Å². The molecule has 1 unspecified atom stereocenters. The number of likely N-dealkylation sites (N-methyl/N-ethyl adjacent to an activating group) is 1. The number of hydrogen-bond donors (Lipinski definition) is 1. The van der Waals surface area contributed by atoms with Gasteiger partial charge in [0.25, 0.3) is 0 Å². The molecule has 1 fully saturated rings. The number of methoxy groups -OCH3 is 1. The Bertz CT molecular complexity index is 1250. The fourth-order valence-corrected chi connectivity index (χ4v) is 4.79. The molecule has 0 spiro atoms. The molecule has 1 N–H and O–H groups in total. The first-order valence-electron chi connectivity index (χ1n) is 13.3. The van der Waals surface area contributed by atoms with Crippen molar-refractivity contribution in [1.82, 2.24) is 25.2 Å². The van der Waals surface area contributed by atoms with Gasteiger partial charge in [-0.25, -0.2) is 0 Å². The number of morpholine rings is 1. The van der Waals surface area contributed by atoms with E-state index in [1.165, 1.54) is 6.92 Å². The van der Waals surface area contributed by atoms with Gasteiger partial charge in [0.05, 0.1) is 36.5 Å². The lowest BCUT2D eigenvalue weighted by Gasteiger charge is -2.42.